The van der Waals surface area contributed by atoms with Crippen LogP contribution in [0.5, 0.6) is 5.75 Å². The highest BCUT2D eigenvalue weighted by molar-refractivity contribution is 6.02. The van der Waals surface area contributed by atoms with Crippen LogP contribution in [-0.2, 0) is 17.4 Å². The Kier molecular flexibility index (Phi) is 9.85. The van der Waals surface area contributed by atoms with E-state index in [9.17, 15) is 22.8 Å². The van der Waals surface area contributed by atoms with E-state index in [0.29, 0.717) is 28.0 Å². The average molecular weight is 650 g/mol. The molecule has 1 aromatic heterocycles. The van der Waals surface area contributed by atoms with Crippen molar-refractivity contribution >= 4 is 34.5 Å². The predicted octanol–water partition coefficient (Wildman–Crippen LogP) is 4.55. The van der Waals surface area contributed by atoms with E-state index in [0.717, 1.165) is 49.5 Å². The number of hydrogen-bond donors (Lipinski definition) is 2. The van der Waals surface area contributed by atoms with Gasteiger partial charge in [-0.3, -0.25) is 9.59 Å². The Bertz CT molecular complexity index is 1760. The fourth-order valence-electron chi connectivity index (χ4n) is 5.51. The van der Waals surface area contributed by atoms with Crippen molar-refractivity contribution in [1.29, 1.82) is 0 Å². The second-order valence-corrected chi connectivity index (χ2v) is 11.9. The lowest BCUT2D eigenvalue weighted by molar-refractivity contribution is -0.137. The highest BCUT2D eigenvalue weighted by Crippen LogP contribution is 2.32. The number of piperazine rings is 1. The first kappa shape index (κ1) is 33.5. The summed E-state index contributed by atoms with van der Waals surface area (Å²) in [6.45, 7) is 5.01. The van der Waals surface area contributed by atoms with Gasteiger partial charge in [-0.25, -0.2) is 4.98 Å². The molecule has 2 unspecified atom stereocenters. The molecule has 5 rings (SSSR count). The van der Waals surface area contributed by atoms with Crippen LogP contribution in [0.4, 0.5) is 24.9 Å². The van der Waals surface area contributed by atoms with Gasteiger partial charge in [0, 0.05) is 57.6 Å². The maximum Gasteiger partial charge on any atom is 0.416 e. The molecule has 0 saturated carbocycles. The molecule has 10 nitrogen and oxygen atoms in total. The third-order valence-electron chi connectivity index (χ3n) is 8.14. The van der Waals surface area contributed by atoms with Crippen LogP contribution in [-0.4, -0.2) is 84.9 Å². The standard InChI is InChI=1S/C34H38F3N7O3/c1-21(23-8-6-9-25(19-23)34(35,36)37)47-26-10-5-7-22(17-26)18-29(32(46)42(2)3)39-31(45)24-11-12-27-28(20-24)40-33(38)41-30(27)44-15-13-43(4)14-16-44/h5-12,17,19-21,29H,13-16,18H2,1-4H3,(H,39,45)(H2,38,40,41). The summed E-state index contributed by atoms with van der Waals surface area (Å²) < 4.78 is 45.6. The molecule has 2 heterocycles. The van der Waals surface area contributed by atoms with Gasteiger partial charge in [0.1, 0.15) is 23.7 Å². The summed E-state index contributed by atoms with van der Waals surface area (Å²) in [6, 6.07) is 16.1. The number of aromatic nitrogens is 2. The molecule has 2 amide bonds. The molecule has 0 spiro atoms. The number of amides is 2. The Labute approximate surface area is 271 Å². The van der Waals surface area contributed by atoms with Gasteiger partial charge in [-0.2, -0.15) is 18.2 Å². The third-order valence-corrected chi connectivity index (χ3v) is 8.14. The fourth-order valence-corrected chi connectivity index (χ4v) is 5.51. The molecule has 0 bridgehead atoms. The fraction of sp³-hybridized carbons (Fsp3) is 0.353. The van der Waals surface area contributed by atoms with Crippen LogP contribution in [0.25, 0.3) is 10.9 Å². The van der Waals surface area contributed by atoms with Gasteiger partial charge in [-0.1, -0.05) is 24.3 Å². The number of hydrogen-bond acceptors (Lipinski definition) is 8. The Balaban J connectivity index is 1.33. The maximum absolute atomic E-state index is 13.5. The number of carbonyl (C=O) groups excluding carboxylic acids is 2. The second kappa shape index (κ2) is 13.8. The number of alkyl halides is 3. The molecule has 3 aromatic carbocycles. The zero-order valence-electron chi connectivity index (χ0n) is 26.7. The van der Waals surface area contributed by atoms with Gasteiger partial charge in [-0.15, -0.1) is 0 Å². The van der Waals surface area contributed by atoms with Crippen molar-refractivity contribution in [2.45, 2.75) is 31.7 Å². The Morgan fingerprint density at radius 2 is 1.72 bits per heavy atom. The molecule has 1 fully saturated rings. The van der Waals surface area contributed by atoms with Gasteiger partial charge in [0.25, 0.3) is 5.91 Å². The third kappa shape index (κ3) is 8.09. The summed E-state index contributed by atoms with van der Waals surface area (Å²) in [6.07, 6.45) is -4.99. The van der Waals surface area contributed by atoms with Crippen LogP contribution < -0.4 is 20.7 Å². The molecule has 1 saturated heterocycles. The second-order valence-electron chi connectivity index (χ2n) is 11.9. The molecule has 248 valence electrons. The Hall–Kier alpha value is -4.91. The number of nitrogens with zero attached hydrogens (tertiary/aromatic N) is 5. The monoisotopic (exact) mass is 649 g/mol. The lowest BCUT2D eigenvalue weighted by Crippen LogP contribution is -2.47. The molecule has 0 radical (unpaired) electrons. The molecular formula is C34H38F3N7O3. The minimum Gasteiger partial charge on any atom is -0.486 e. The van der Waals surface area contributed by atoms with E-state index in [1.54, 1.807) is 69.6 Å². The van der Waals surface area contributed by atoms with Gasteiger partial charge in [0.2, 0.25) is 11.9 Å². The predicted molar refractivity (Wildman–Crippen MR) is 174 cm³/mol. The van der Waals surface area contributed by atoms with E-state index in [4.69, 9.17) is 10.5 Å². The highest BCUT2D eigenvalue weighted by Gasteiger charge is 2.31. The summed E-state index contributed by atoms with van der Waals surface area (Å²) in [5, 5.41) is 3.64. The van der Waals surface area contributed by atoms with Crippen molar-refractivity contribution < 1.29 is 27.5 Å². The summed E-state index contributed by atoms with van der Waals surface area (Å²) in [4.78, 5) is 41.4. The summed E-state index contributed by atoms with van der Waals surface area (Å²) in [7, 11) is 5.28. The largest absolute Gasteiger partial charge is 0.486 e. The molecule has 2 atom stereocenters. The van der Waals surface area contributed by atoms with Crippen LogP contribution in [0.15, 0.2) is 66.7 Å². The van der Waals surface area contributed by atoms with E-state index in [1.807, 2.05) is 0 Å². The molecule has 1 aliphatic heterocycles. The van der Waals surface area contributed by atoms with Crippen LogP contribution in [0.3, 0.4) is 0 Å². The van der Waals surface area contributed by atoms with Crippen molar-refractivity contribution in [3.05, 3.63) is 89.0 Å². The number of fused-ring (bicyclic) bond motifs is 1. The van der Waals surface area contributed by atoms with Crippen LogP contribution in [0.1, 0.15) is 40.1 Å². The number of carbonyl (C=O) groups is 2. The zero-order valence-corrected chi connectivity index (χ0v) is 26.7. The van der Waals surface area contributed by atoms with Crippen molar-refractivity contribution in [2.24, 2.45) is 0 Å². The molecular weight excluding hydrogens is 611 g/mol. The normalized spacial score (nSPS) is 15.3. The zero-order chi connectivity index (χ0) is 33.9. The van der Waals surface area contributed by atoms with E-state index >= 15 is 0 Å². The van der Waals surface area contributed by atoms with Crippen LogP contribution in [0.2, 0.25) is 0 Å². The van der Waals surface area contributed by atoms with Crippen LogP contribution in [0, 0.1) is 0 Å². The van der Waals surface area contributed by atoms with Gasteiger partial charge in [-0.05, 0) is 67.6 Å². The summed E-state index contributed by atoms with van der Waals surface area (Å²) in [5.74, 6) is 0.465. The Morgan fingerprint density at radius 1 is 1.00 bits per heavy atom. The van der Waals surface area contributed by atoms with Gasteiger partial charge in [0.15, 0.2) is 0 Å². The minimum absolute atomic E-state index is 0.106. The minimum atomic E-state index is -4.46. The Morgan fingerprint density at radius 3 is 2.43 bits per heavy atom. The van der Waals surface area contributed by atoms with E-state index in [2.05, 4.69) is 32.1 Å². The summed E-state index contributed by atoms with van der Waals surface area (Å²) in [5.41, 5.74) is 7.20. The number of halogens is 3. The molecule has 1 aliphatic rings. The number of ether oxygens (including phenoxy) is 1. The number of nitrogens with one attached hydrogen (secondary N) is 1. The molecule has 4 aromatic rings. The molecule has 13 heteroatoms. The lowest BCUT2D eigenvalue weighted by atomic mass is 10.0. The van der Waals surface area contributed by atoms with E-state index in [1.165, 1.54) is 11.0 Å². The van der Waals surface area contributed by atoms with Gasteiger partial charge in [0.05, 0.1) is 11.1 Å². The van der Waals surface area contributed by atoms with E-state index < -0.39 is 29.8 Å². The van der Waals surface area contributed by atoms with Crippen molar-refractivity contribution in [3.8, 4) is 5.75 Å². The molecule has 0 aliphatic carbocycles. The lowest BCUT2D eigenvalue weighted by Gasteiger charge is -2.33. The molecule has 3 N–H and O–H groups in total. The van der Waals surface area contributed by atoms with Crippen LogP contribution >= 0.6 is 0 Å². The quantitative estimate of drug-likeness (QED) is 0.271. The molecule has 47 heavy (non-hydrogen) atoms. The van der Waals surface area contributed by atoms with Crippen molar-refractivity contribution in [1.82, 2.24) is 25.1 Å². The summed E-state index contributed by atoms with van der Waals surface area (Å²) >= 11 is 0. The first-order valence-electron chi connectivity index (χ1n) is 15.2. The first-order valence-corrected chi connectivity index (χ1v) is 15.2. The van der Waals surface area contributed by atoms with Gasteiger partial charge < -0.3 is 30.5 Å². The average Bonchev–Trinajstić information content (AvgIpc) is 3.03. The number of nitrogens with two attached hydrogens (primary N) is 1. The SMILES string of the molecule is CC(Oc1cccc(CC(NC(=O)c2ccc3c(N4CCN(C)CC4)nc(N)nc3c2)C(=O)N(C)C)c1)c1cccc(C(F)(F)F)c1. The number of benzene rings is 3. The number of rotatable bonds is 9. The van der Waals surface area contributed by atoms with Crippen molar-refractivity contribution in [2.75, 3.05) is 58.0 Å². The van der Waals surface area contributed by atoms with Crippen molar-refractivity contribution in [3.63, 3.8) is 0 Å². The number of likely N-dealkylation sites (N-methyl/N-ethyl adjacent to an activating group) is 2. The van der Waals surface area contributed by atoms with E-state index in [-0.39, 0.29) is 18.3 Å². The topological polar surface area (TPSA) is 117 Å². The highest BCUT2D eigenvalue weighted by atomic mass is 19.4. The van der Waals surface area contributed by atoms with Gasteiger partial charge >= 0.3 is 6.18 Å². The maximum atomic E-state index is 13.5. The number of anilines is 2. The smallest absolute Gasteiger partial charge is 0.416 e. The first-order chi connectivity index (χ1) is 22.3. The number of nitrogen functional groups attached to an aromatic ring is 1.